The van der Waals surface area contributed by atoms with Gasteiger partial charge >= 0.3 is 6.03 Å². The highest BCUT2D eigenvalue weighted by Gasteiger charge is 2.17. The number of benzene rings is 1. The van der Waals surface area contributed by atoms with Crippen LogP contribution in [0.25, 0.3) is 5.69 Å². The average molecular weight is 340 g/mol. The zero-order chi connectivity index (χ0) is 17.5. The van der Waals surface area contributed by atoms with Crippen LogP contribution in [0.5, 0.6) is 0 Å². The first-order valence-electron chi connectivity index (χ1n) is 8.80. The van der Waals surface area contributed by atoms with Crippen molar-refractivity contribution in [1.82, 2.24) is 30.8 Å². The number of hydrogen-bond donors (Lipinski definition) is 2. The summed E-state index contributed by atoms with van der Waals surface area (Å²) in [5, 5.41) is 17.6. The molecule has 1 aliphatic rings. The molecule has 1 aromatic carbocycles. The molecule has 0 spiro atoms. The van der Waals surface area contributed by atoms with Gasteiger partial charge in [-0.2, -0.15) is 4.68 Å². The number of nitrogens with zero attached hydrogens (tertiary/aromatic N) is 4. The summed E-state index contributed by atoms with van der Waals surface area (Å²) in [5.41, 5.74) is 2.31. The average Bonchev–Trinajstić information content (AvgIpc) is 3.13. The molecule has 2 aromatic rings. The molecule has 2 amide bonds. The SMILES string of the molecule is C[C@H](NC(=O)NCCC1=CCCCC1)c1nnnn1-c1ccccc1. The highest BCUT2D eigenvalue weighted by Crippen LogP contribution is 2.19. The van der Waals surface area contributed by atoms with Gasteiger partial charge < -0.3 is 10.6 Å². The highest BCUT2D eigenvalue weighted by molar-refractivity contribution is 5.74. The Hall–Kier alpha value is -2.70. The quantitative estimate of drug-likeness (QED) is 0.792. The number of hydrogen-bond acceptors (Lipinski definition) is 4. The zero-order valence-corrected chi connectivity index (χ0v) is 14.5. The van der Waals surface area contributed by atoms with Gasteiger partial charge in [-0.1, -0.05) is 29.8 Å². The van der Waals surface area contributed by atoms with E-state index in [0.29, 0.717) is 12.4 Å². The van der Waals surface area contributed by atoms with Crippen molar-refractivity contribution < 1.29 is 4.79 Å². The maximum atomic E-state index is 12.1. The lowest BCUT2D eigenvalue weighted by Gasteiger charge is -2.16. The molecule has 0 unspecified atom stereocenters. The molecule has 0 saturated carbocycles. The second kappa shape index (κ2) is 8.41. The molecule has 0 aliphatic heterocycles. The van der Waals surface area contributed by atoms with Crippen LogP contribution in [-0.4, -0.2) is 32.8 Å². The standard InChI is InChI=1S/C18H24N6O/c1-14(17-21-22-23-24(17)16-10-6-3-7-11-16)20-18(25)19-13-12-15-8-4-2-5-9-15/h3,6-8,10-11,14H,2,4-5,9,12-13H2,1H3,(H2,19,20,25)/t14-/m0/s1. The lowest BCUT2D eigenvalue weighted by atomic mass is 9.97. The summed E-state index contributed by atoms with van der Waals surface area (Å²) in [4.78, 5) is 12.1. The molecule has 0 saturated heterocycles. The van der Waals surface area contributed by atoms with Gasteiger partial charge in [-0.15, -0.1) is 5.10 Å². The zero-order valence-electron chi connectivity index (χ0n) is 14.5. The fraction of sp³-hybridized carbons (Fsp3) is 0.444. The second-order valence-electron chi connectivity index (χ2n) is 6.26. The van der Waals surface area contributed by atoms with E-state index in [-0.39, 0.29) is 12.1 Å². The van der Waals surface area contributed by atoms with Crippen molar-refractivity contribution in [3.63, 3.8) is 0 Å². The molecule has 7 heteroatoms. The van der Waals surface area contributed by atoms with E-state index in [9.17, 15) is 4.79 Å². The van der Waals surface area contributed by atoms with E-state index < -0.39 is 0 Å². The van der Waals surface area contributed by atoms with E-state index >= 15 is 0 Å². The smallest absolute Gasteiger partial charge is 0.315 e. The van der Waals surface area contributed by atoms with Gasteiger partial charge in [-0.25, -0.2) is 4.79 Å². The van der Waals surface area contributed by atoms with E-state index in [2.05, 4.69) is 32.2 Å². The van der Waals surface area contributed by atoms with Gasteiger partial charge in [0.15, 0.2) is 5.82 Å². The number of rotatable bonds is 6. The number of allylic oxidation sites excluding steroid dienone is 1. The number of carbonyl (C=O) groups excluding carboxylic acids is 1. The second-order valence-corrected chi connectivity index (χ2v) is 6.26. The third-order valence-electron chi connectivity index (χ3n) is 4.35. The van der Waals surface area contributed by atoms with Crippen molar-refractivity contribution in [3.05, 3.63) is 47.8 Å². The first-order valence-corrected chi connectivity index (χ1v) is 8.80. The van der Waals surface area contributed by atoms with Crippen LogP contribution in [0.1, 0.15) is 50.9 Å². The van der Waals surface area contributed by atoms with Crippen molar-refractivity contribution in [2.24, 2.45) is 0 Å². The van der Waals surface area contributed by atoms with Crippen LogP contribution < -0.4 is 10.6 Å². The highest BCUT2D eigenvalue weighted by atomic mass is 16.2. The molecule has 25 heavy (non-hydrogen) atoms. The van der Waals surface area contributed by atoms with Gasteiger partial charge in [0.25, 0.3) is 0 Å². The summed E-state index contributed by atoms with van der Waals surface area (Å²) >= 11 is 0. The lowest BCUT2D eigenvalue weighted by Crippen LogP contribution is -2.38. The predicted octanol–water partition coefficient (Wildman–Crippen LogP) is 2.91. The molecule has 7 nitrogen and oxygen atoms in total. The molecule has 0 bridgehead atoms. The minimum absolute atomic E-state index is 0.202. The molecule has 1 heterocycles. The van der Waals surface area contributed by atoms with E-state index in [4.69, 9.17) is 0 Å². The van der Waals surface area contributed by atoms with Crippen molar-refractivity contribution in [1.29, 1.82) is 0 Å². The molecular formula is C18H24N6O. The summed E-state index contributed by atoms with van der Waals surface area (Å²) in [6, 6.07) is 9.12. The van der Waals surface area contributed by atoms with E-state index in [1.165, 1.54) is 24.8 Å². The van der Waals surface area contributed by atoms with Crippen LogP contribution >= 0.6 is 0 Å². The number of aromatic nitrogens is 4. The van der Waals surface area contributed by atoms with Crippen molar-refractivity contribution in [3.8, 4) is 5.69 Å². The van der Waals surface area contributed by atoms with E-state index in [0.717, 1.165) is 18.5 Å². The Kier molecular flexibility index (Phi) is 5.77. The number of amides is 2. The Morgan fingerprint density at radius 1 is 1.28 bits per heavy atom. The molecule has 0 radical (unpaired) electrons. The molecule has 0 fully saturated rings. The number of para-hydroxylation sites is 1. The number of urea groups is 1. The van der Waals surface area contributed by atoms with Crippen LogP contribution in [-0.2, 0) is 0 Å². The first-order chi connectivity index (χ1) is 12.2. The van der Waals surface area contributed by atoms with Crippen LogP contribution in [0.4, 0.5) is 4.79 Å². The number of nitrogens with one attached hydrogen (secondary N) is 2. The summed E-state index contributed by atoms with van der Waals surface area (Å²) in [5.74, 6) is 0.594. The van der Waals surface area contributed by atoms with Gasteiger partial charge in [0, 0.05) is 6.54 Å². The summed E-state index contributed by atoms with van der Waals surface area (Å²) in [6.45, 7) is 2.52. The third-order valence-corrected chi connectivity index (χ3v) is 4.35. The summed E-state index contributed by atoms with van der Waals surface area (Å²) in [7, 11) is 0. The van der Waals surface area contributed by atoms with Crippen molar-refractivity contribution in [2.45, 2.75) is 45.1 Å². The van der Waals surface area contributed by atoms with Crippen LogP contribution in [0, 0.1) is 0 Å². The Morgan fingerprint density at radius 3 is 2.88 bits per heavy atom. The van der Waals surface area contributed by atoms with Crippen LogP contribution in [0.15, 0.2) is 42.0 Å². The molecular weight excluding hydrogens is 316 g/mol. The van der Waals surface area contributed by atoms with Gasteiger partial charge in [-0.3, -0.25) is 0 Å². The third kappa shape index (κ3) is 4.65. The minimum atomic E-state index is -0.302. The van der Waals surface area contributed by atoms with Crippen LogP contribution in [0.2, 0.25) is 0 Å². The maximum Gasteiger partial charge on any atom is 0.315 e. The molecule has 1 aliphatic carbocycles. The summed E-state index contributed by atoms with van der Waals surface area (Å²) in [6.07, 6.45) is 8.10. The normalized spacial score (nSPS) is 15.3. The monoisotopic (exact) mass is 340 g/mol. The molecule has 1 atom stereocenters. The topological polar surface area (TPSA) is 84.7 Å². The van der Waals surface area contributed by atoms with Gasteiger partial charge in [0.05, 0.1) is 11.7 Å². The fourth-order valence-electron chi connectivity index (χ4n) is 3.00. The molecule has 132 valence electrons. The van der Waals surface area contributed by atoms with E-state index in [1.54, 1.807) is 4.68 Å². The number of tetrazole rings is 1. The van der Waals surface area contributed by atoms with Gasteiger partial charge in [-0.05, 0) is 61.6 Å². The van der Waals surface area contributed by atoms with Gasteiger partial charge in [0.2, 0.25) is 0 Å². The molecule has 1 aromatic heterocycles. The lowest BCUT2D eigenvalue weighted by molar-refractivity contribution is 0.237. The largest absolute Gasteiger partial charge is 0.338 e. The Balaban J connectivity index is 1.52. The maximum absolute atomic E-state index is 12.1. The Labute approximate surface area is 147 Å². The minimum Gasteiger partial charge on any atom is -0.338 e. The Bertz CT molecular complexity index is 724. The molecule has 3 rings (SSSR count). The predicted molar refractivity (Wildman–Crippen MR) is 95.3 cm³/mol. The van der Waals surface area contributed by atoms with Crippen LogP contribution in [0.3, 0.4) is 0 Å². The fourth-order valence-corrected chi connectivity index (χ4v) is 3.00. The summed E-state index contributed by atoms with van der Waals surface area (Å²) < 4.78 is 1.64. The van der Waals surface area contributed by atoms with Gasteiger partial charge in [0.1, 0.15) is 0 Å². The van der Waals surface area contributed by atoms with E-state index in [1.807, 2.05) is 37.3 Å². The van der Waals surface area contributed by atoms with Crippen molar-refractivity contribution >= 4 is 6.03 Å². The Morgan fingerprint density at radius 2 is 2.12 bits per heavy atom. The van der Waals surface area contributed by atoms with Crippen molar-refractivity contribution in [2.75, 3.05) is 6.54 Å². The molecule has 2 N–H and O–H groups in total. The number of carbonyl (C=O) groups is 1. The first kappa shape index (κ1) is 17.1.